The van der Waals surface area contributed by atoms with Crippen LogP contribution in [0.4, 0.5) is 0 Å². The first-order valence-corrected chi connectivity index (χ1v) is 14.2. The molecule has 1 nitrogen and oxygen atoms in total. The molecule has 10 radical (unpaired) electrons. The van der Waals surface area contributed by atoms with Crippen LogP contribution in [0.15, 0.2) is 121 Å². The van der Waals surface area contributed by atoms with Crippen molar-refractivity contribution in [3.63, 3.8) is 0 Å². The van der Waals surface area contributed by atoms with E-state index in [4.69, 9.17) is 4.74 Å². The molecule has 1 saturated heterocycles. The summed E-state index contributed by atoms with van der Waals surface area (Å²) in [5.74, 6) is 0. The maximum absolute atomic E-state index is 4.94. The van der Waals surface area contributed by atoms with Gasteiger partial charge in [-0.15, -0.1) is 0 Å². The van der Waals surface area contributed by atoms with Gasteiger partial charge in [0, 0.05) is 13.2 Å². The van der Waals surface area contributed by atoms with E-state index in [0.717, 1.165) is 13.2 Å². The van der Waals surface area contributed by atoms with E-state index < -0.39 is 6.15 Å². The maximum Gasteiger partial charge on any atom is 4.00 e. The summed E-state index contributed by atoms with van der Waals surface area (Å²) < 4.78 is 4.94. The molecule has 0 aromatic heterocycles. The van der Waals surface area contributed by atoms with Crippen LogP contribution in [0.25, 0.3) is 0 Å². The predicted octanol–water partition coefficient (Wildman–Crippen LogP) is 6.35. The fourth-order valence-corrected chi connectivity index (χ4v) is 5.27. The van der Waals surface area contributed by atoms with Crippen LogP contribution in [-0.4, -0.2) is 19.4 Å². The molecule has 4 aromatic rings. The van der Waals surface area contributed by atoms with Crippen molar-refractivity contribution in [1.82, 2.24) is 0 Å². The number of rotatable bonds is 4. The average Bonchev–Trinajstić information content (AvgIpc) is 3.88. The minimum absolute atomic E-state index is 0. The molecular weight excluding hydrogens is 586 g/mol. The Hall–Kier alpha value is -2.21. The fraction of sp³-hybridized carbons (Fsp3) is 0.103. The van der Waals surface area contributed by atoms with Crippen molar-refractivity contribution in [3.8, 4) is 0 Å². The Morgan fingerprint density at radius 2 is 0.571 bits per heavy atom. The van der Waals surface area contributed by atoms with E-state index in [9.17, 15) is 0 Å². The summed E-state index contributed by atoms with van der Waals surface area (Å²) in [5, 5.41) is 0. The van der Waals surface area contributed by atoms with Gasteiger partial charge in [-0.25, -0.2) is 0 Å². The summed E-state index contributed by atoms with van der Waals surface area (Å²) in [7, 11) is 0. The first kappa shape index (κ1) is 36.0. The maximum atomic E-state index is 4.94. The van der Waals surface area contributed by atoms with E-state index in [-0.39, 0.29) is 33.6 Å². The van der Waals surface area contributed by atoms with E-state index in [1.807, 2.05) is 64.2 Å². The van der Waals surface area contributed by atoms with Crippen LogP contribution < -0.4 is 21.9 Å². The van der Waals surface area contributed by atoms with Gasteiger partial charge in [-0.2, -0.15) is 21.9 Å². The Kier molecular flexibility index (Phi) is 18.4. The summed E-state index contributed by atoms with van der Waals surface area (Å²) in [4.78, 5) is 0. The van der Waals surface area contributed by atoms with Crippen LogP contribution in [-0.2, 0) is 30.9 Å². The van der Waals surface area contributed by atoms with Gasteiger partial charge in [0.15, 0.2) is 0 Å². The summed E-state index contributed by atoms with van der Waals surface area (Å²) in [6.07, 6.45) is 21.3. The molecule has 0 unspecified atom stereocenters. The number of ether oxygens (including phenoxy) is 1. The number of benzene rings is 4. The predicted molar refractivity (Wildman–Crippen MR) is 180 cm³/mol. The third-order valence-electron chi connectivity index (χ3n) is 7.14. The van der Waals surface area contributed by atoms with Crippen LogP contribution in [0.2, 0.25) is 0 Å². The second-order valence-electron chi connectivity index (χ2n) is 9.75. The minimum atomic E-state index is -1.22. The summed E-state index contributed by atoms with van der Waals surface area (Å²) in [6.45, 7) is 2.00. The Bertz CT molecular complexity index is 946. The molecule has 3 heteroatoms. The monoisotopic (exact) mass is 626 g/mol. The molecule has 2 saturated carbocycles. The van der Waals surface area contributed by atoms with Gasteiger partial charge in [0.1, 0.15) is 6.15 Å². The third kappa shape index (κ3) is 10.8. The van der Waals surface area contributed by atoms with E-state index in [1.54, 1.807) is 0 Å². The third-order valence-corrected chi connectivity index (χ3v) is 7.14. The average molecular weight is 628 g/mol. The van der Waals surface area contributed by atoms with Gasteiger partial charge < -0.3 is 12.2 Å². The van der Waals surface area contributed by atoms with Crippen LogP contribution in [0.1, 0.15) is 12.8 Å². The standard InChI is InChI=1S/C24H20B.2C5H5.C4H8O.CH3.Zr/c1-5-13-21(14-6-1)25(22-15-7-2-8-16-22,23-17-9-3-10-18-23)24-19-11-4-12-20-24;3*1-2-4-5-3-1;;/h1-20H;2*1-5H;1-4H2;1H3;/q-1;;;;-1;+4. The molecule has 2 aliphatic carbocycles. The zero-order valence-corrected chi connectivity index (χ0v) is 27.1. The molecule has 208 valence electrons. The molecule has 0 amide bonds. The van der Waals surface area contributed by atoms with Gasteiger partial charge >= 0.3 is 26.2 Å². The first-order chi connectivity index (χ1) is 19.9. The minimum Gasteiger partial charge on any atom is -0.381 e. The molecule has 7 rings (SSSR count). The van der Waals surface area contributed by atoms with E-state index in [0.29, 0.717) is 0 Å². The number of hydrogen-bond donors (Lipinski definition) is 0. The Balaban J connectivity index is 0.000000294. The molecule has 0 atom stereocenters. The van der Waals surface area contributed by atoms with Crippen LogP contribution in [0.5, 0.6) is 0 Å². The van der Waals surface area contributed by atoms with Crippen molar-refractivity contribution in [3.05, 3.63) is 193 Å². The van der Waals surface area contributed by atoms with Crippen molar-refractivity contribution < 1.29 is 30.9 Å². The molecular formula is C39H41BOZr+2. The Labute approximate surface area is 276 Å². The van der Waals surface area contributed by atoms with E-state index in [1.165, 1.54) is 34.7 Å². The second kappa shape index (κ2) is 21.5. The van der Waals surface area contributed by atoms with Crippen molar-refractivity contribution in [2.24, 2.45) is 0 Å². The Morgan fingerprint density at radius 3 is 0.738 bits per heavy atom. The normalized spacial score (nSPS) is 15.2. The molecule has 1 heterocycles. The van der Waals surface area contributed by atoms with Gasteiger partial charge in [0.2, 0.25) is 0 Å². The van der Waals surface area contributed by atoms with Crippen LogP contribution >= 0.6 is 0 Å². The fourth-order valence-electron chi connectivity index (χ4n) is 5.27. The Morgan fingerprint density at radius 1 is 0.357 bits per heavy atom. The van der Waals surface area contributed by atoms with Gasteiger partial charge in [-0.1, -0.05) is 121 Å². The topological polar surface area (TPSA) is 9.23 Å². The molecule has 0 bridgehead atoms. The largest absolute Gasteiger partial charge is 4.00 e. The molecule has 3 fully saturated rings. The quantitative estimate of drug-likeness (QED) is 0.189. The zero-order valence-electron chi connectivity index (χ0n) is 24.6. The van der Waals surface area contributed by atoms with E-state index >= 15 is 0 Å². The molecule has 1 aliphatic heterocycles. The zero-order chi connectivity index (χ0) is 27.6. The van der Waals surface area contributed by atoms with Crippen molar-refractivity contribution in [2.45, 2.75) is 12.8 Å². The van der Waals surface area contributed by atoms with Gasteiger partial charge in [-0.3, -0.25) is 0 Å². The molecule has 42 heavy (non-hydrogen) atoms. The molecule has 4 aromatic carbocycles. The first-order valence-electron chi connectivity index (χ1n) is 14.2. The second-order valence-corrected chi connectivity index (χ2v) is 9.75. The van der Waals surface area contributed by atoms with Gasteiger partial charge in [0.25, 0.3) is 0 Å². The van der Waals surface area contributed by atoms with Crippen LogP contribution in [0.3, 0.4) is 0 Å². The molecule has 0 N–H and O–H groups in total. The van der Waals surface area contributed by atoms with Crippen molar-refractivity contribution in [2.75, 3.05) is 13.2 Å². The van der Waals surface area contributed by atoms with Crippen LogP contribution in [0, 0.1) is 71.6 Å². The summed E-state index contributed by atoms with van der Waals surface area (Å²) in [5.41, 5.74) is 5.36. The summed E-state index contributed by atoms with van der Waals surface area (Å²) in [6, 6.07) is 43.5. The van der Waals surface area contributed by atoms with Gasteiger partial charge in [0.05, 0.1) is 0 Å². The number of hydrogen-bond acceptors (Lipinski definition) is 1. The SMILES string of the molecule is C1CCOC1.[CH3-].[CH]1[CH][CH][CH][CH]1.[CH]1[CH][CH][CH][CH]1.[Zr+4].c1ccc([B-](c2ccccc2)(c2ccccc2)c2ccccc2)cc1. The molecule has 3 aliphatic rings. The van der Waals surface area contributed by atoms with Crippen molar-refractivity contribution in [1.29, 1.82) is 0 Å². The molecule has 0 spiro atoms. The smallest absolute Gasteiger partial charge is 0.381 e. The van der Waals surface area contributed by atoms with Gasteiger partial charge in [-0.05, 0) is 77.0 Å². The van der Waals surface area contributed by atoms with E-state index in [2.05, 4.69) is 121 Å². The van der Waals surface area contributed by atoms with Crippen molar-refractivity contribution >= 4 is 28.0 Å². The summed E-state index contributed by atoms with van der Waals surface area (Å²) >= 11 is 0.